The van der Waals surface area contributed by atoms with Gasteiger partial charge in [-0.1, -0.05) is 12.1 Å². The number of carboxylic acids is 1. The number of allylic oxidation sites excluding steroid dienone is 1. The molecule has 0 aromatic heterocycles. The normalized spacial score (nSPS) is 11.7. The highest BCUT2D eigenvalue weighted by Gasteiger charge is 2.20. The Balaban J connectivity index is 2.60. The summed E-state index contributed by atoms with van der Waals surface area (Å²) in [4.78, 5) is 22.8. The number of carbonyl (C=O) groups excluding carboxylic acids is 1. The van der Waals surface area contributed by atoms with E-state index >= 15 is 0 Å². The smallest absolute Gasteiger partial charge is 0.326 e. The van der Waals surface area contributed by atoms with Crippen LogP contribution in [0.1, 0.15) is 24.8 Å². The van der Waals surface area contributed by atoms with Gasteiger partial charge in [-0.05, 0) is 30.9 Å². The van der Waals surface area contributed by atoms with Crippen molar-refractivity contribution >= 4 is 11.9 Å². The zero-order valence-electron chi connectivity index (χ0n) is 11.4. The molecule has 0 aliphatic heterocycles. The Morgan fingerprint density at radius 1 is 1.38 bits per heavy atom. The number of amides is 1. The summed E-state index contributed by atoms with van der Waals surface area (Å²) in [5, 5.41) is 11.3. The van der Waals surface area contributed by atoms with Gasteiger partial charge in [0.05, 0.1) is 6.42 Å². The van der Waals surface area contributed by atoms with Crippen molar-refractivity contribution < 1.29 is 23.5 Å². The van der Waals surface area contributed by atoms with Crippen LogP contribution in [0, 0.1) is 11.6 Å². The molecule has 0 aliphatic rings. The number of rotatable bonds is 8. The van der Waals surface area contributed by atoms with Crippen LogP contribution in [0.5, 0.6) is 0 Å². The Hall–Kier alpha value is -2.24. The minimum absolute atomic E-state index is 0.0177. The second kappa shape index (κ2) is 8.14. The van der Waals surface area contributed by atoms with Gasteiger partial charge in [0, 0.05) is 6.07 Å². The Morgan fingerprint density at radius 3 is 2.67 bits per heavy atom. The first kappa shape index (κ1) is 16.8. The Labute approximate surface area is 121 Å². The van der Waals surface area contributed by atoms with E-state index < -0.39 is 29.6 Å². The molecule has 0 unspecified atom stereocenters. The van der Waals surface area contributed by atoms with Gasteiger partial charge in [0.1, 0.15) is 17.7 Å². The lowest BCUT2D eigenvalue weighted by Gasteiger charge is -2.14. The molecule has 1 amide bonds. The molecule has 0 bridgehead atoms. The molecule has 0 heterocycles. The fourth-order valence-electron chi connectivity index (χ4n) is 1.81. The van der Waals surface area contributed by atoms with Crippen molar-refractivity contribution in [3.63, 3.8) is 0 Å². The third-order valence-electron chi connectivity index (χ3n) is 2.90. The Morgan fingerprint density at radius 2 is 2.10 bits per heavy atom. The number of nitrogens with one attached hydrogen (secondary N) is 1. The highest BCUT2D eigenvalue weighted by molar-refractivity contribution is 5.84. The maximum atomic E-state index is 13.4. The third-order valence-corrected chi connectivity index (χ3v) is 2.90. The van der Waals surface area contributed by atoms with Gasteiger partial charge in [0.25, 0.3) is 0 Å². The van der Waals surface area contributed by atoms with Crippen molar-refractivity contribution in [1.82, 2.24) is 5.32 Å². The van der Waals surface area contributed by atoms with Crippen LogP contribution in [0.3, 0.4) is 0 Å². The predicted molar refractivity (Wildman–Crippen MR) is 73.7 cm³/mol. The van der Waals surface area contributed by atoms with Gasteiger partial charge in [-0.3, -0.25) is 4.79 Å². The summed E-state index contributed by atoms with van der Waals surface area (Å²) in [7, 11) is 0. The zero-order chi connectivity index (χ0) is 15.8. The standard InChI is InChI=1S/C15H17F2NO3/c1-2-3-4-5-13(15(20)21)18-14(19)8-10-6-7-11(16)9-12(10)17/h2,6-7,9,13H,1,3-5,8H2,(H,18,19)(H,20,21)/t13-/m1/s1. The number of hydrogen-bond donors (Lipinski definition) is 2. The van der Waals surface area contributed by atoms with Gasteiger partial charge in [0.15, 0.2) is 0 Å². The molecule has 1 aromatic carbocycles. The SMILES string of the molecule is C=CCCC[C@@H](NC(=O)Cc1ccc(F)cc1F)C(=O)O. The second-order valence-electron chi connectivity index (χ2n) is 4.59. The lowest BCUT2D eigenvalue weighted by atomic mass is 10.1. The van der Waals surface area contributed by atoms with Crippen molar-refractivity contribution in [1.29, 1.82) is 0 Å². The number of unbranched alkanes of at least 4 members (excludes halogenated alkanes) is 1. The number of aliphatic carboxylic acids is 1. The van der Waals surface area contributed by atoms with Crippen molar-refractivity contribution in [2.75, 3.05) is 0 Å². The molecule has 0 fully saturated rings. The van der Waals surface area contributed by atoms with Gasteiger partial charge in [-0.25, -0.2) is 13.6 Å². The van der Waals surface area contributed by atoms with Crippen LogP contribution in [-0.4, -0.2) is 23.0 Å². The molecule has 6 heteroatoms. The van der Waals surface area contributed by atoms with E-state index in [0.29, 0.717) is 18.9 Å². The van der Waals surface area contributed by atoms with E-state index in [1.54, 1.807) is 6.08 Å². The molecule has 0 saturated carbocycles. The number of hydrogen-bond acceptors (Lipinski definition) is 2. The summed E-state index contributed by atoms with van der Waals surface area (Å²) >= 11 is 0. The summed E-state index contributed by atoms with van der Waals surface area (Å²) in [5.74, 6) is -3.33. The van der Waals surface area contributed by atoms with E-state index in [2.05, 4.69) is 11.9 Å². The first-order valence-electron chi connectivity index (χ1n) is 6.51. The fourth-order valence-corrected chi connectivity index (χ4v) is 1.81. The molecule has 0 saturated heterocycles. The molecule has 1 atom stereocenters. The summed E-state index contributed by atoms with van der Waals surface area (Å²) in [5.41, 5.74) is 0.0177. The quantitative estimate of drug-likeness (QED) is 0.572. The molecule has 1 aromatic rings. The third kappa shape index (κ3) is 5.72. The summed E-state index contributed by atoms with van der Waals surface area (Å²) in [6.07, 6.45) is 2.81. The summed E-state index contributed by atoms with van der Waals surface area (Å²) in [6, 6.07) is 1.87. The van der Waals surface area contributed by atoms with Gasteiger partial charge < -0.3 is 10.4 Å². The van der Waals surface area contributed by atoms with Crippen LogP contribution >= 0.6 is 0 Å². The van der Waals surface area contributed by atoms with Crippen molar-refractivity contribution in [2.24, 2.45) is 0 Å². The molecular weight excluding hydrogens is 280 g/mol. The second-order valence-corrected chi connectivity index (χ2v) is 4.59. The molecule has 114 valence electrons. The molecule has 0 aliphatic carbocycles. The van der Waals surface area contributed by atoms with Crippen molar-refractivity contribution in [3.05, 3.63) is 48.1 Å². The summed E-state index contributed by atoms with van der Waals surface area (Å²) < 4.78 is 26.2. The first-order chi connectivity index (χ1) is 9.93. The number of carbonyl (C=O) groups is 2. The molecule has 2 N–H and O–H groups in total. The largest absolute Gasteiger partial charge is 0.480 e. The minimum Gasteiger partial charge on any atom is -0.480 e. The summed E-state index contributed by atoms with van der Waals surface area (Å²) in [6.45, 7) is 3.53. The van der Waals surface area contributed by atoms with E-state index in [0.717, 1.165) is 12.1 Å². The van der Waals surface area contributed by atoms with Gasteiger partial charge in [0.2, 0.25) is 5.91 Å². The average Bonchev–Trinajstić information content (AvgIpc) is 2.41. The van der Waals surface area contributed by atoms with Gasteiger partial charge in [-0.15, -0.1) is 6.58 Å². The van der Waals surface area contributed by atoms with Gasteiger partial charge >= 0.3 is 5.97 Å². The molecule has 4 nitrogen and oxygen atoms in total. The monoisotopic (exact) mass is 297 g/mol. The van der Waals surface area contributed by atoms with Crippen LogP contribution < -0.4 is 5.32 Å². The van der Waals surface area contributed by atoms with E-state index in [1.807, 2.05) is 0 Å². The number of carboxylic acid groups (broad SMARTS) is 1. The fraction of sp³-hybridized carbons (Fsp3) is 0.333. The molecule has 0 radical (unpaired) electrons. The minimum atomic E-state index is -1.15. The molecule has 21 heavy (non-hydrogen) atoms. The maximum absolute atomic E-state index is 13.4. The van der Waals surface area contributed by atoms with E-state index in [1.165, 1.54) is 0 Å². The zero-order valence-corrected chi connectivity index (χ0v) is 11.4. The van der Waals surface area contributed by atoms with E-state index in [9.17, 15) is 18.4 Å². The Kier molecular flexibility index (Phi) is 6.52. The van der Waals surface area contributed by atoms with Crippen LogP contribution in [0.25, 0.3) is 0 Å². The van der Waals surface area contributed by atoms with Gasteiger partial charge in [-0.2, -0.15) is 0 Å². The van der Waals surface area contributed by atoms with E-state index in [4.69, 9.17) is 5.11 Å². The Bertz CT molecular complexity index is 532. The molecule has 1 rings (SSSR count). The first-order valence-corrected chi connectivity index (χ1v) is 6.51. The lowest BCUT2D eigenvalue weighted by molar-refractivity contribution is -0.141. The van der Waals surface area contributed by atoms with Crippen LogP contribution in [0.2, 0.25) is 0 Å². The highest BCUT2D eigenvalue weighted by atomic mass is 19.1. The number of benzene rings is 1. The molecule has 0 spiro atoms. The predicted octanol–water partition coefficient (Wildman–Crippen LogP) is 2.43. The van der Waals surface area contributed by atoms with Crippen LogP contribution in [0.15, 0.2) is 30.9 Å². The molecular formula is C15H17F2NO3. The van der Waals surface area contributed by atoms with Crippen molar-refractivity contribution in [3.8, 4) is 0 Å². The highest BCUT2D eigenvalue weighted by Crippen LogP contribution is 2.10. The van der Waals surface area contributed by atoms with Crippen molar-refractivity contribution in [2.45, 2.75) is 31.7 Å². The average molecular weight is 297 g/mol. The van der Waals surface area contributed by atoms with E-state index in [-0.39, 0.29) is 18.4 Å². The van der Waals surface area contributed by atoms with Crippen LogP contribution in [-0.2, 0) is 16.0 Å². The van der Waals surface area contributed by atoms with Crippen LogP contribution in [0.4, 0.5) is 8.78 Å². The topological polar surface area (TPSA) is 66.4 Å². The maximum Gasteiger partial charge on any atom is 0.326 e. The number of halogens is 2. The lowest BCUT2D eigenvalue weighted by Crippen LogP contribution is -2.41.